The lowest BCUT2D eigenvalue weighted by Crippen LogP contribution is -2.09. The molecule has 0 saturated heterocycles. The molecule has 4 heterocycles. The van der Waals surface area contributed by atoms with Gasteiger partial charge in [-0.1, -0.05) is 12.1 Å². The molecule has 0 radical (unpaired) electrons. The second-order valence-electron chi connectivity index (χ2n) is 6.91. The van der Waals surface area contributed by atoms with Gasteiger partial charge in [-0.15, -0.1) is 0 Å². The third-order valence-electron chi connectivity index (χ3n) is 4.87. The minimum absolute atomic E-state index is 0.431. The Labute approximate surface area is 188 Å². The molecule has 9 nitrogen and oxygen atoms in total. The number of thiophene rings is 1. The van der Waals surface area contributed by atoms with Crippen molar-refractivity contribution in [2.24, 2.45) is 0 Å². The van der Waals surface area contributed by atoms with Crippen molar-refractivity contribution < 1.29 is 4.74 Å². The van der Waals surface area contributed by atoms with E-state index in [0.29, 0.717) is 35.3 Å². The molecule has 0 aliphatic carbocycles. The fraction of sp³-hybridized carbons (Fsp3) is 0.136. The normalized spacial score (nSPS) is 10.9. The predicted octanol–water partition coefficient (Wildman–Crippen LogP) is 4.07. The third kappa shape index (κ3) is 4.21. The number of anilines is 3. The molecule has 160 valence electrons. The first-order valence-electron chi connectivity index (χ1n) is 9.97. The van der Waals surface area contributed by atoms with Crippen LogP contribution in [0.4, 0.5) is 17.6 Å². The van der Waals surface area contributed by atoms with Gasteiger partial charge in [0.2, 0.25) is 5.95 Å². The van der Waals surface area contributed by atoms with E-state index in [1.54, 1.807) is 37.0 Å². The van der Waals surface area contributed by atoms with Crippen molar-refractivity contribution in [3.8, 4) is 11.4 Å². The summed E-state index contributed by atoms with van der Waals surface area (Å²) < 4.78 is 7.18. The Balaban J connectivity index is 1.44. The van der Waals surface area contributed by atoms with Crippen LogP contribution in [0.3, 0.4) is 0 Å². The Morgan fingerprint density at radius 2 is 1.97 bits per heavy atom. The van der Waals surface area contributed by atoms with Crippen LogP contribution >= 0.6 is 11.3 Å². The summed E-state index contributed by atoms with van der Waals surface area (Å²) in [5, 5.41) is 10.7. The summed E-state index contributed by atoms with van der Waals surface area (Å²) in [4.78, 5) is 22.1. The zero-order valence-electron chi connectivity index (χ0n) is 17.3. The maximum absolute atomic E-state index is 5.23. The Bertz CT molecular complexity index is 1300. The highest BCUT2D eigenvalue weighted by Crippen LogP contribution is 2.25. The number of hydrogen-bond donors (Lipinski definition) is 2. The average molecular weight is 445 g/mol. The highest BCUT2D eigenvalue weighted by atomic mass is 32.1. The molecule has 1 aromatic carbocycles. The van der Waals surface area contributed by atoms with Gasteiger partial charge in [0.25, 0.3) is 0 Å². The molecule has 10 heteroatoms. The SMILES string of the molecule is COc1ccc(CCNc2nc(Nc3ccncn3)nc3c2ncn3-c2ccsc2)cc1. The van der Waals surface area contributed by atoms with Gasteiger partial charge in [-0.05, 0) is 41.6 Å². The molecule has 0 saturated carbocycles. The molecule has 0 fully saturated rings. The number of nitrogens with one attached hydrogen (secondary N) is 2. The summed E-state index contributed by atoms with van der Waals surface area (Å²) in [5.41, 5.74) is 3.63. The first-order valence-corrected chi connectivity index (χ1v) is 10.9. The van der Waals surface area contributed by atoms with Crippen LogP contribution in [-0.4, -0.2) is 43.1 Å². The Morgan fingerprint density at radius 1 is 1.06 bits per heavy atom. The van der Waals surface area contributed by atoms with Crippen LogP contribution in [0, 0.1) is 0 Å². The number of aromatic nitrogens is 6. The first kappa shape index (κ1) is 19.9. The predicted molar refractivity (Wildman–Crippen MR) is 125 cm³/mol. The van der Waals surface area contributed by atoms with E-state index < -0.39 is 0 Å². The molecular weight excluding hydrogens is 424 g/mol. The zero-order valence-corrected chi connectivity index (χ0v) is 18.1. The van der Waals surface area contributed by atoms with E-state index in [1.807, 2.05) is 28.1 Å². The van der Waals surface area contributed by atoms with Crippen molar-refractivity contribution >= 4 is 40.1 Å². The van der Waals surface area contributed by atoms with Crippen molar-refractivity contribution in [2.75, 3.05) is 24.3 Å². The molecule has 0 amide bonds. The van der Waals surface area contributed by atoms with Crippen LogP contribution in [-0.2, 0) is 6.42 Å². The molecule has 0 aliphatic heterocycles. The molecule has 0 aliphatic rings. The number of rotatable bonds is 8. The molecule has 4 aromatic heterocycles. The second kappa shape index (κ2) is 8.98. The van der Waals surface area contributed by atoms with Crippen molar-refractivity contribution in [3.63, 3.8) is 0 Å². The maximum Gasteiger partial charge on any atom is 0.232 e. The topological polar surface area (TPSA) is 103 Å². The third-order valence-corrected chi connectivity index (χ3v) is 5.54. The number of hydrogen-bond acceptors (Lipinski definition) is 9. The van der Waals surface area contributed by atoms with Gasteiger partial charge in [0, 0.05) is 18.1 Å². The molecular formula is C22H20N8OS. The molecule has 5 rings (SSSR count). The van der Waals surface area contributed by atoms with Gasteiger partial charge in [0.1, 0.15) is 24.2 Å². The summed E-state index contributed by atoms with van der Waals surface area (Å²) >= 11 is 1.62. The fourth-order valence-corrected chi connectivity index (χ4v) is 3.89. The Kier molecular flexibility index (Phi) is 5.58. The highest BCUT2D eigenvalue weighted by molar-refractivity contribution is 7.08. The lowest BCUT2D eigenvalue weighted by Gasteiger charge is -2.10. The average Bonchev–Trinajstić information content (AvgIpc) is 3.50. The van der Waals surface area contributed by atoms with E-state index in [-0.39, 0.29) is 0 Å². The second-order valence-corrected chi connectivity index (χ2v) is 7.69. The molecule has 0 spiro atoms. The molecule has 5 aromatic rings. The van der Waals surface area contributed by atoms with E-state index in [1.165, 1.54) is 11.9 Å². The van der Waals surface area contributed by atoms with Crippen LogP contribution in [0.5, 0.6) is 5.75 Å². The summed E-state index contributed by atoms with van der Waals surface area (Å²) in [6.45, 7) is 0.691. The molecule has 2 N–H and O–H groups in total. The summed E-state index contributed by atoms with van der Waals surface area (Å²) in [6, 6.07) is 11.8. The number of ether oxygens (including phenoxy) is 1. The van der Waals surface area contributed by atoms with E-state index >= 15 is 0 Å². The van der Waals surface area contributed by atoms with Gasteiger partial charge in [-0.25, -0.2) is 15.0 Å². The lowest BCUT2D eigenvalue weighted by molar-refractivity contribution is 0.414. The first-order chi connectivity index (χ1) is 15.8. The summed E-state index contributed by atoms with van der Waals surface area (Å²) in [7, 11) is 1.67. The molecule has 0 bridgehead atoms. The minimum Gasteiger partial charge on any atom is -0.497 e. The zero-order chi connectivity index (χ0) is 21.8. The number of nitrogens with zero attached hydrogens (tertiary/aromatic N) is 6. The van der Waals surface area contributed by atoms with E-state index in [4.69, 9.17) is 9.72 Å². The van der Waals surface area contributed by atoms with Gasteiger partial charge >= 0.3 is 0 Å². The molecule has 32 heavy (non-hydrogen) atoms. The van der Waals surface area contributed by atoms with E-state index in [9.17, 15) is 0 Å². The number of benzene rings is 1. The van der Waals surface area contributed by atoms with Gasteiger partial charge in [-0.3, -0.25) is 4.57 Å². The van der Waals surface area contributed by atoms with Crippen LogP contribution in [0.25, 0.3) is 16.9 Å². The van der Waals surface area contributed by atoms with Crippen molar-refractivity contribution in [3.05, 3.63) is 71.6 Å². The fourth-order valence-electron chi connectivity index (χ4n) is 3.26. The van der Waals surface area contributed by atoms with Crippen LogP contribution in [0.2, 0.25) is 0 Å². The maximum atomic E-state index is 5.23. The Hall–Kier alpha value is -4.05. The summed E-state index contributed by atoms with van der Waals surface area (Å²) in [6.07, 6.45) is 5.74. The van der Waals surface area contributed by atoms with Crippen LogP contribution in [0.15, 0.2) is 66.0 Å². The van der Waals surface area contributed by atoms with E-state index in [0.717, 1.165) is 17.9 Å². The Morgan fingerprint density at radius 3 is 2.72 bits per heavy atom. The van der Waals surface area contributed by atoms with Crippen molar-refractivity contribution in [1.29, 1.82) is 0 Å². The molecule has 0 atom stereocenters. The number of methoxy groups -OCH3 is 1. The van der Waals surface area contributed by atoms with Gasteiger partial charge < -0.3 is 15.4 Å². The smallest absolute Gasteiger partial charge is 0.232 e. The van der Waals surface area contributed by atoms with Crippen LogP contribution in [0.1, 0.15) is 5.56 Å². The van der Waals surface area contributed by atoms with Gasteiger partial charge in [0.15, 0.2) is 17.0 Å². The standard InChI is InChI=1S/C22H20N8OS/c1-31-17-4-2-15(3-5-17)6-10-24-20-19-21(30(14-26-19)16-8-11-32-12-16)29-22(28-20)27-18-7-9-23-13-25-18/h2-5,7-9,11-14H,6,10H2,1H3,(H2,23,24,25,27,28,29). The van der Waals surface area contributed by atoms with E-state index in [2.05, 4.69) is 48.1 Å². The van der Waals surface area contributed by atoms with Crippen molar-refractivity contribution in [2.45, 2.75) is 6.42 Å². The number of fused-ring (bicyclic) bond motifs is 1. The highest BCUT2D eigenvalue weighted by Gasteiger charge is 2.15. The monoisotopic (exact) mass is 444 g/mol. The van der Waals surface area contributed by atoms with Crippen LogP contribution < -0.4 is 15.4 Å². The van der Waals surface area contributed by atoms with Crippen molar-refractivity contribution in [1.82, 2.24) is 29.5 Å². The molecule has 0 unspecified atom stereocenters. The number of imidazole rings is 1. The quantitative estimate of drug-likeness (QED) is 0.369. The largest absolute Gasteiger partial charge is 0.497 e. The van der Waals surface area contributed by atoms with Gasteiger partial charge in [0.05, 0.1) is 12.8 Å². The van der Waals surface area contributed by atoms with Gasteiger partial charge in [-0.2, -0.15) is 21.3 Å². The lowest BCUT2D eigenvalue weighted by atomic mass is 10.1. The summed E-state index contributed by atoms with van der Waals surface area (Å²) in [5.74, 6) is 2.55. The minimum atomic E-state index is 0.431.